The van der Waals surface area contributed by atoms with Crippen molar-refractivity contribution < 1.29 is 19.1 Å². The summed E-state index contributed by atoms with van der Waals surface area (Å²) in [5.74, 6) is -0.325. The van der Waals surface area contributed by atoms with E-state index in [1.807, 2.05) is 12.1 Å². The highest BCUT2D eigenvalue weighted by Gasteiger charge is 2.22. The molecule has 0 N–H and O–H groups in total. The van der Waals surface area contributed by atoms with E-state index in [2.05, 4.69) is 0 Å². The minimum Gasteiger partial charge on any atom is -0.427 e. The molecule has 1 heterocycles. The summed E-state index contributed by atoms with van der Waals surface area (Å²) in [6.45, 7) is 3.36. The molecule has 3 rings (SSSR count). The highest BCUT2D eigenvalue weighted by Crippen LogP contribution is 2.17. The van der Waals surface area contributed by atoms with Gasteiger partial charge in [-0.2, -0.15) is 0 Å². The molecule has 1 fully saturated rings. The molecule has 0 aromatic heterocycles. The van der Waals surface area contributed by atoms with Gasteiger partial charge in [0.2, 0.25) is 5.91 Å². The van der Waals surface area contributed by atoms with Gasteiger partial charge in [-0.25, -0.2) is 0 Å². The molecular weight excluding hydrogens is 404 g/mol. The van der Waals surface area contributed by atoms with E-state index in [-0.39, 0.29) is 11.8 Å². The van der Waals surface area contributed by atoms with Crippen molar-refractivity contribution in [3.8, 4) is 5.75 Å². The number of carbonyl (C=O) groups is 3. The molecule has 1 saturated heterocycles. The standard InChI is InChI=1S/C23H23ClN2O4/c1-17(27)30-21-5-2-4-19(16-21)23(29)26-13-3-12-25(14-15-26)22(28)11-8-18-6-9-20(24)10-7-18/h2,4-11,16H,3,12-15H2,1H3/b11-8+. The Morgan fingerprint density at radius 1 is 0.967 bits per heavy atom. The second-order valence-electron chi connectivity index (χ2n) is 6.98. The maximum Gasteiger partial charge on any atom is 0.308 e. The predicted octanol–water partition coefficient (Wildman–Crippen LogP) is 3.65. The van der Waals surface area contributed by atoms with E-state index in [0.717, 1.165) is 5.56 Å². The van der Waals surface area contributed by atoms with Gasteiger partial charge in [-0.1, -0.05) is 29.8 Å². The van der Waals surface area contributed by atoms with Gasteiger partial charge >= 0.3 is 5.97 Å². The number of rotatable bonds is 4. The molecule has 0 atom stereocenters. The molecule has 1 aliphatic heterocycles. The summed E-state index contributed by atoms with van der Waals surface area (Å²) in [6.07, 6.45) is 3.99. The van der Waals surface area contributed by atoms with Gasteiger partial charge < -0.3 is 14.5 Å². The van der Waals surface area contributed by atoms with Crippen molar-refractivity contribution in [2.24, 2.45) is 0 Å². The zero-order chi connectivity index (χ0) is 21.5. The number of carbonyl (C=O) groups excluding carboxylic acids is 3. The van der Waals surface area contributed by atoms with Gasteiger partial charge in [0.05, 0.1) is 0 Å². The zero-order valence-corrected chi connectivity index (χ0v) is 17.5. The third kappa shape index (κ3) is 5.94. The van der Waals surface area contributed by atoms with Crippen LogP contribution in [0.2, 0.25) is 5.02 Å². The number of nitrogens with zero attached hydrogens (tertiary/aromatic N) is 2. The summed E-state index contributed by atoms with van der Waals surface area (Å²) >= 11 is 5.88. The van der Waals surface area contributed by atoms with E-state index in [0.29, 0.717) is 48.9 Å². The number of benzene rings is 2. The predicted molar refractivity (Wildman–Crippen MR) is 115 cm³/mol. The Balaban J connectivity index is 1.60. The molecule has 1 aliphatic rings. The first kappa shape index (κ1) is 21.6. The number of hydrogen-bond donors (Lipinski definition) is 0. The van der Waals surface area contributed by atoms with E-state index >= 15 is 0 Å². The normalized spacial score (nSPS) is 14.5. The summed E-state index contributed by atoms with van der Waals surface area (Å²) in [7, 11) is 0. The summed E-state index contributed by atoms with van der Waals surface area (Å²) in [6, 6.07) is 13.8. The van der Waals surface area contributed by atoms with Crippen LogP contribution in [0.1, 0.15) is 29.3 Å². The van der Waals surface area contributed by atoms with Gasteiger partial charge in [0, 0.05) is 49.8 Å². The largest absolute Gasteiger partial charge is 0.427 e. The topological polar surface area (TPSA) is 66.9 Å². The second-order valence-corrected chi connectivity index (χ2v) is 7.41. The molecule has 0 radical (unpaired) electrons. The van der Waals surface area contributed by atoms with Gasteiger partial charge in [0.1, 0.15) is 5.75 Å². The van der Waals surface area contributed by atoms with Gasteiger partial charge in [-0.15, -0.1) is 0 Å². The van der Waals surface area contributed by atoms with Crippen LogP contribution in [-0.4, -0.2) is 53.8 Å². The molecule has 2 aromatic carbocycles. The summed E-state index contributed by atoms with van der Waals surface area (Å²) < 4.78 is 5.06. The second kappa shape index (κ2) is 10.1. The molecule has 0 unspecified atom stereocenters. The molecule has 2 aromatic rings. The van der Waals surface area contributed by atoms with Gasteiger partial charge in [0.25, 0.3) is 5.91 Å². The van der Waals surface area contributed by atoms with Crippen molar-refractivity contribution in [3.63, 3.8) is 0 Å². The summed E-state index contributed by atoms with van der Waals surface area (Å²) in [5, 5.41) is 0.647. The maximum atomic E-state index is 12.9. The quantitative estimate of drug-likeness (QED) is 0.425. The lowest BCUT2D eigenvalue weighted by Gasteiger charge is -2.21. The van der Waals surface area contributed by atoms with Crippen LogP contribution in [0, 0.1) is 0 Å². The van der Waals surface area contributed by atoms with Crippen molar-refractivity contribution in [1.29, 1.82) is 0 Å². The van der Waals surface area contributed by atoms with Crippen LogP contribution in [0.4, 0.5) is 0 Å². The number of halogens is 1. The SMILES string of the molecule is CC(=O)Oc1cccc(C(=O)N2CCCN(C(=O)/C=C/c3ccc(Cl)cc3)CC2)c1. The smallest absolute Gasteiger partial charge is 0.308 e. The van der Waals surface area contributed by atoms with E-state index in [4.69, 9.17) is 16.3 Å². The maximum absolute atomic E-state index is 12.9. The minimum atomic E-state index is -0.435. The Kier molecular flexibility index (Phi) is 7.25. The van der Waals surface area contributed by atoms with E-state index < -0.39 is 5.97 Å². The van der Waals surface area contributed by atoms with Crippen LogP contribution in [0.15, 0.2) is 54.6 Å². The number of esters is 1. The molecule has 0 saturated carbocycles. The number of amides is 2. The monoisotopic (exact) mass is 426 g/mol. The lowest BCUT2D eigenvalue weighted by molar-refractivity contribution is -0.132. The van der Waals surface area contributed by atoms with Crippen molar-refractivity contribution in [3.05, 3.63) is 70.8 Å². The Morgan fingerprint density at radius 2 is 1.67 bits per heavy atom. The highest BCUT2D eigenvalue weighted by atomic mass is 35.5. The van der Waals surface area contributed by atoms with Crippen molar-refractivity contribution in [2.45, 2.75) is 13.3 Å². The van der Waals surface area contributed by atoms with Crippen LogP contribution < -0.4 is 4.74 Å². The molecule has 30 heavy (non-hydrogen) atoms. The average molecular weight is 427 g/mol. The van der Waals surface area contributed by atoms with Crippen molar-refractivity contribution in [2.75, 3.05) is 26.2 Å². The van der Waals surface area contributed by atoms with Crippen molar-refractivity contribution in [1.82, 2.24) is 9.80 Å². The van der Waals surface area contributed by atoms with Crippen molar-refractivity contribution >= 4 is 35.5 Å². The summed E-state index contributed by atoms with van der Waals surface area (Å²) in [5.41, 5.74) is 1.35. The minimum absolute atomic E-state index is 0.0869. The van der Waals surface area contributed by atoms with Gasteiger partial charge in [-0.05, 0) is 48.4 Å². The summed E-state index contributed by atoms with van der Waals surface area (Å²) in [4.78, 5) is 40.0. The van der Waals surface area contributed by atoms with E-state index in [1.54, 1.807) is 58.4 Å². The third-order valence-electron chi connectivity index (χ3n) is 4.73. The fourth-order valence-electron chi connectivity index (χ4n) is 3.23. The first-order valence-electron chi connectivity index (χ1n) is 9.73. The molecule has 7 heteroatoms. The first-order chi connectivity index (χ1) is 14.4. The molecule has 0 bridgehead atoms. The molecule has 0 aliphatic carbocycles. The molecule has 6 nitrogen and oxygen atoms in total. The average Bonchev–Trinajstić information content (AvgIpc) is 2.99. The van der Waals surface area contributed by atoms with Gasteiger partial charge in [-0.3, -0.25) is 14.4 Å². The van der Waals surface area contributed by atoms with Crippen LogP contribution in [-0.2, 0) is 9.59 Å². The van der Waals surface area contributed by atoms with Crippen LogP contribution in [0.5, 0.6) is 5.75 Å². The zero-order valence-electron chi connectivity index (χ0n) is 16.7. The van der Waals surface area contributed by atoms with Crippen LogP contribution >= 0.6 is 11.6 Å². The van der Waals surface area contributed by atoms with Crippen LogP contribution in [0.25, 0.3) is 6.08 Å². The molecule has 2 amide bonds. The van der Waals surface area contributed by atoms with Crippen LogP contribution in [0.3, 0.4) is 0 Å². The number of hydrogen-bond acceptors (Lipinski definition) is 4. The van der Waals surface area contributed by atoms with E-state index in [1.165, 1.54) is 6.92 Å². The molecular formula is C23H23ClN2O4. The lowest BCUT2D eigenvalue weighted by Crippen LogP contribution is -2.36. The van der Waals surface area contributed by atoms with Gasteiger partial charge in [0.15, 0.2) is 0 Å². The lowest BCUT2D eigenvalue weighted by atomic mass is 10.2. The molecule has 0 spiro atoms. The Bertz CT molecular complexity index is 956. The Labute approximate surface area is 180 Å². The fraction of sp³-hybridized carbons (Fsp3) is 0.261. The third-order valence-corrected chi connectivity index (χ3v) is 4.98. The Hall–Kier alpha value is -3.12. The molecule has 156 valence electrons. The van der Waals surface area contributed by atoms with E-state index in [9.17, 15) is 14.4 Å². The first-order valence-corrected chi connectivity index (χ1v) is 10.1. The Morgan fingerprint density at radius 3 is 2.40 bits per heavy atom. The fourth-order valence-corrected chi connectivity index (χ4v) is 3.35. The highest BCUT2D eigenvalue weighted by molar-refractivity contribution is 6.30. The number of ether oxygens (including phenoxy) is 1.